The highest BCUT2D eigenvalue weighted by atomic mass is 33.1. The second-order valence-electron chi connectivity index (χ2n) is 4.98. The van der Waals surface area contributed by atoms with Crippen LogP contribution in [0.5, 0.6) is 0 Å². The van der Waals surface area contributed by atoms with Gasteiger partial charge in [-0.15, -0.1) is 0 Å². The molecule has 5 nitrogen and oxygen atoms in total. The normalized spacial score (nSPS) is 10.4. The monoisotopic (exact) mass is 362 g/mol. The summed E-state index contributed by atoms with van der Waals surface area (Å²) in [5.41, 5.74) is 1.45. The van der Waals surface area contributed by atoms with Gasteiger partial charge in [0.1, 0.15) is 17.4 Å². The molecule has 0 aliphatic rings. The molecule has 0 unspecified atom stereocenters. The number of nitrogens with zero attached hydrogens (tertiary/aromatic N) is 1. The predicted molar refractivity (Wildman–Crippen MR) is 97.3 cm³/mol. The zero-order valence-electron chi connectivity index (χ0n) is 13.4. The minimum Gasteiger partial charge on any atom is -0.375 e. The van der Waals surface area contributed by atoms with E-state index < -0.39 is 0 Å². The number of Topliss-reactive ketones (excluding diaryl/α,β-unsaturated/α-hetero) is 1. The van der Waals surface area contributed by atoms with E-state index in [1.807, 2.05) is 30.3 Å². The van der Waals surface area contributed by atoms with E-state index in [0.29, 0.717) is 5.69 Å². The van der Waals surface area contributed by atoms with E-state index in [4.69, 9.17) is 4.74 Å². The maximum absolute atomic E-state index is 11.8. The summed E-state index contributed by atoms with van der Waals surface area (Å²) >= 11 is 0. The van der Waals surface area contributed by atoms with E-state index in [2.05, 4.69) is 10.3 Å². The van der Waals surface area contributed by atoms with Gasteiger partial charge < -0.3 is 10.1 Å². The van der Waals surface area contributed by atoms with Crippen molar-refractivity contribution in [3.8, 4) is 0 Å². The van der Waals surface area contributed by atoms with E-state index in [-0.39, 0.29) is 24.7 Å². The molecule has 0 saturated heterocycles. The fourth-order valence-corrected chi connectivity index (χ4v) is 4.11. The number of ketones is 1. The molecular formula is C17H18N2O3S2. The van der Waals surface area contributed by atoms with Crippen LogP contribution in [0.25, 0.3) is 0 Å². The Bertz CT molecular complexity index is 708. The fraction of sp³-hybridized carbons (Fsp3) is 0.235. The van der Waals surface area contributed by atoms with Crippen LogP contribution in [-0.4, -0.2) is 30.4 Å². The Morgan fingerprint density at radius 2 is 2.00 bits per heavy atom. The number of carbonyl (C=O) groups excluding carboxylic acids is 2. The highest BCUT2D eigenvalue weighted by Gasteiger charge is 2.14. The lowest BCUT2D eigenvalue weighted by atomic mass is 10.1. The summed E-state index contributed by atoms with van der Waals surface area (Å²) in [7, 11) is 4.49. The summed E-state index contributed by atoms with van der Waals surface area (Å²) in [6, 6.07) is 11.3. The largest absolute Gasteiger partial charge is 0.375 e. The smallest absolute Gasteiger partial charge is 0.250 e. The quantitative estimate of drug-likeness (QED) is 0.724. The van der Waals surface area contributed by atoms with Crippen molar-refractivity contribution in [3.63, 3.8) is 0 Å². The van der Waals surface area contributed by atoms with Crippen molar-refractivity contribution in [2.24, 2.45) is 0 Å². The summed E-state index contributed by atoms with van der Waals surface area (Å²) in [4.78, 5) is 28.6. The first kappa shape index (κ1) is 18.5. The molecule has 0 spiro atoms. The van der Waals surface area contributed by atoms with Crippen molar-refractivity contribution in [3.05, 3.63) is 48.2 Å². The van der Waals surface area contributed by atoms with Crippen molar-refractivity contribution < 1.29 is 14.3 Å². The van der Waals surface area contributed by atoms with E-state index in [9.17, 15) is 9.59 Å². The van der Waals surface area contributed by atoms with Gasteiger partial charge in [0.15, 0.2) is 0 Å². The standard InChI is InChI=1S/C17H18N2O3S2/c1-12(20)10-13-14(19-16(21)11-22-2)6-5-7-15(13)23-24-17-8-3-4-9-18-17/h3-9H,10-11H2,1-2H3,(H,19,21). The molecule has 0 saturated carbocycles. The molecule has 1 aromatic carbocycles. The van der Waals surface area contributed by atoms with Gasteiger partial charge in [0.25, 0.3) is 0 Å². The molecule has 1 aromatic heterocycles. The Morgan fingerprint density at radius 1 is 1.17 bits per heavy atom. The zero-order chi connectivity index (χ0) is 17.4. The number of aromatic nitrogens is 1. The Labute approximate surface area is 149 Å². The Balaban J connectivity index is 2.22. The summed E-state index contributed by atoms with van der Waals surface area (Å²) in [5.74, 6) is -0.213. The lowest BCUT2D eigenvalue weighted by Crippen LogP contribution is -2.18. The van der Waals surface area contributed by atoms with Gasteiger partial charge in [-0.05, 0) is 47.5 Å². The average Bonchev–Trinajstić information content (AvgIpc) is 2.56. The Morgan fingerprint density at radius 3 is 2.67 bits per heavy atom. The topological polar surface area (TPSA) is 68.3 Å². The molecule has 0 atom stereocenters. The van der Waals surface area contributed by atoms with Crippen LogP contribution in [0.15, 0.2) is 52.5 Å². The van der Waals surface area contributed by atoms with Crippen LogP contribution in [0, 0.1) is 0 Å². The third-order valence-electron chi connectivity index (χ3n) is 2.96. The molecule has 0 bridgehead atoms. The van der Waals surface area contributed by atoms with Crippen molar-refractivity contribution in [1.82, 2.24) is 4.98 Å². The molecule has 7 heteroatoms. The second-order valence-corrected chi connectivity index (χ2v) is 7.17. The van der Waals surface area contributed by atoms with Crippen molar-refractivity contribution in [2.75, 3.05) is 19.0 Å². The van der Waals surface area contributed by atoms with Crippen LogP contribution in [0.2, 0.25) is 0 Å². The van der Waals surface area contributed by atoms with Crippen molar-refractivity contribution in [1.29, 1.82) is 0 Å². The highest BCUT2D eigenvalue weighted by Crippen LogP contribution is 2.40. The number of pyridine rings is 1. The zero-order valence-corrected chi connectivity index (χ0v) is 15.1. The van der Waals surface area contributed by atoms with Gasteiger partial charge in [-0.2, -0.15) is 0 Å². The molecule has 126 valence electrons. The van der Waals surface area contributed by atoms with Gasteiger partial charge in [-0.1, -0.05) is 22.9 Å². The van der Waals surface area contributed by atoms with Gasteiger partial charge >= 0.3 is 0 Å². The van der Waals surface area contributed by atoms with Crippen LogP contribution in [0.4, 0.5) is 5.69 Å². The molecule has 1 amide bonds. The highest BCUT2D eigenvalue weighted by molar-refractivity contribution is 8.76. The molecule has 0 aliphatic carbocycles. The molecule has 0 fully saturated rings. The number of nitrogens with one attached hydrogen (secondary N) is 1. The van der Waals surface area contributed by atoms with Crippen molar-refractivity contribution in [2.45, 2.75) is 23.3 Å². The summed E-state index contributed by atoms with van der Waals surface area (Å²) in [6.07, 6.45) is 2.00. The van der Waals surface area contributed by atoms with E-state index in [1.165, 1.54) is 35.6 Å². The van der Waals surface area contributed by atoms with Crippen LogP contribution >= 0.6 is 21.6 Å². The molecule has 2 aromatic rings. The van der Waals surface area contributed by atoms with Gasteiger partial charge in [-0.25, -0.2) is 4.98 Å². The Hall–Kier alpha value is -1.83. The third kappa shape index (κ3) is 5.67. The summed E-state index contributed by atoms with van der Waals surface area (Å²) in [6.45, 7) is 1.51. The van der Waals surface area contributed by atoms with Crippen molar-refractivity contribution >= 4 is 39.0 Å². The molecule has 1 N–H and O–H groups in total. The molecule has 1 heterocycles. The fourth-order valence-electron chi connectivity index (χ4n) is 1.99. The summed E-state index contributed by atoms with van der Waals surface area (Å²) < 4.78 is 4.84. The summed E-state index contributed by atoms with van der Waals surface area (Å²) in [5, 5.41) is 3.68. The lowest BCUT2D eigenvalue weighted by molar-refractivity contribution is -0.120. The second kappa shape index (κ2) is 9.46. The predicted octanol–water partition coefficient (Wildman–Crippen LogP) is 3.60. The Kier molecular flexibility index (Phi) is 7.30. The number of amides is 1. The number of carbonyl (C=O) groups is 2. The first-order chi connectivity index (χ1) is 11.6. The van der Waals surface area contributed by atoms with Gasteiger partial charge in [0, 0.05) is 30.3 Å². The number of methoxy groups -OCH3 is 1. The first-order valence-electron chi connectivity index (χ1n) is 7.26. The number of benzene rings is 1. The molecule has 24 heavy (non-hydrogen) atoms. The van der Waals surface area contributed by atoms with Gasteiger partial charge in [0.2, 0.25) is 5.91 Å². The number of rotatable bonds is 8. The molecule has 0 radical (unpaired) electrons. The van der Waals surface area contributed by atoms with Crippen LogP contribution < -0.4 is 5.32 Å². The maximum Gasteiger partial charge on any atom is 0.250 e. The minimum absolute atomic E-state index is 0.0282. The van der Waals surface area contributed by atoms with Crippen LogP contribution in [0.1, 0.15) is 12.5 Å². The average molecular weight is 362 g/mol. The van der Waals surface area contributed by atoms with E-state index in [1.54, 1.807) is 12.3 Å². The number of hydrogen-bond acceptors (Lipinski definition) is 6. The van der Waals surface area contributed by atoms with E-state index >= 15 is 0 Å². The lowest BCUT2D eigenvalue weighted by Gasteiger charge is -2.14. The van der Waals surface area contributed by atoms with Gasteiger partial charge in [0.05, 0.1) is 0 Å². The van der Waals surface area contributed by atoms with E-state index in [0.717, 1.165) is 15.5 Å². The molecular weight excluding hydrogens is 344 g/mol. The number of ether oxygens (including phenoxy) is 1. The third-order valence-corrected chi connectivity index (χ3v) is 5.32. The SMILES string of the molecule is COCC(=O)Nc1cccc(SSc2ccccn2)c1CC(C)=O. The van der Waals surface area contributed by atoms with Gasteiger partial charge in [-0.3, -0.25) is 9.59 Å². The molecule has 2 rings (SSSR count). The first-order valence-corrected chi connectivity index (χ1v) is 9.41. The maximum atomic E-state index is 11.8. The minimum atomic E-state index is -0.248. The van der Waals surface area contributed by atoms with Crippen LogP contribution in [-0.2, 0) is 20.7 Å². The van der Waals surface area contributed by atoms with Crippen LogP contribution in [0.3, 0.4) is 0 Å². The number of hydrogen-bond donors (Lipinski definition) is 1. The number of anilines is 1. The molecule has 0 aliphatic heterocycles.